The van der Waals surface area contributed by atoms with Gasteiger partial charge in [0.25, 0.3) is 0 Å². The first-order valence-corrected chi connectivity index (χ1v) is 7.29. The van der Waals surface area contributed by atoms with Gasteiger partial charge in [-0.05, 0) is 49.1 Å². The molecule has 0 spiro atoms. The molecular weight excluding hydrogens is 228 g/mol. The highest BCUT2D eigenvalue weighted by atomic mass is 32.1. The Labute approximate surface area is 106 Å². The van der Waals surface area contributed by atoms with E-state index in [0.29, 0.717) is 6.04 Å². The monoisotopic (exact) mass is 246 g/mol. The Morgan fingerprint density at radius 2 is 2.06 bits per heavy atom. The van der Waals surface area contributed by atoms with Crippen molar-refractivity contribution in [1.29, 1.82) is 0 Å². The Morgan fingerprint density at radius 3 is 2.88 bits per heavy atom. The van der Waals surface area contributed by atoms with Crippen molar-refractivity contribution in [2.75, 3.05) is 5.32 Å². The summed E-state index contributed by atoms with van der Waals surface area (Å²) in [7, 11) is 0. The van der Waals surface area contributed by atoms with Gasteiger partial charge in [-0.15, -0.1) is 11.3 Å². The molecule has 0 aromatic carbocycles. The van der Waals surface area contributed by atoms with Crippen molar-refractivity contribution in [3.8, 4) is 0 Å². The molecule has 1 fully saturated rings. The molecule has 0 amide bonds. The van der Waals surface area contributed by atoms with Gasteiger partial charge in [0.05, 0.1) is 0 Å². The highest BCUT2D eigenvalue weighted by Gasteiger charge is 2.18. The van der Waals surface area contributed by atoms with Gasteiger partial charge >= 0.3 is 0 Å². The van der Waals surface area contributed by atoms with Gasteiger partial charge in [-0.2, -0.15) is 0 Å². The molecule has 17 heavy (non-hydrogen) atoms. The lowest BCUT2D eigenvalue weighted by atomic mass is 9.87. The Bertz CT molecular complexity index is 498. The summed E-state index contributed by atoms with van der Waals surface area (Å²) in [4.78, 5) is 4.49. The molecule has 0 unspecified atom stereocenters. The van der Waals surface area contributed by atoms with Crippen LogP contribution in [0.3, 0.4) is 0 Å². The van der Waals surface area contributed by atoms with E-state index in [9.17, 15) is 0 Å². The SMILES string of the molecule is CC1CCC(Nc2nccc3sccc23)CC1. The number of thiophene rings is 1. The zero-order valence-electron chi connectivity index (χ0n) is 10.1. The molecule has 1 saturated carbocycles. The fraction of sp³-hybridized carbons (Fsp3) is 0.500. The van der Waals surface area contributed by atoms with E-state index in [1.807, 2.05) is 6.20 Å². The maximum absolute atomic E-state index is 4.49. The second-order valence-corrected chi connectivity index (χ2v) is 6.04. The van der Waals surface area contributed by atoms with Crippen LogP contribution in [0.25, 0.3) is 10.1 Å². The number of nitrogens with zero attached hydrogens (tertiary/aromatic N) is 1. The van der Waals surface area contributed by atoms with Crippen molar-refractivity contribution < 1.29 is 0 Å². The van der Waals surface area contributed by atoms with Crippen molar-refractivity contribution in [3.63, 3.8) is 0 Å². The summed E-state index contributed by atoms with van der Waals surface area (Å²) >= 11 is 1.78. The van der Waals surface area contributed by atoms with Gasteiger partial charge in [0.1, 0.15) is 5.82 Å². The first-order valence-electron chi connectivity index (χ1n) is 6.41. The Balaban J connectivity index is 1.78. The fourth-order valence-electron chi connectivity index (χ4n) is 2.61. The maximum atomic E-state index is 4.49. The molecule has 90 valence electrons. The summed E-state index contributed by atoms with van der Waals surface area (Å²) in [6.07, 6.45) is 7.16. The van der Waals surface area contributed by atoms with E-state index in [0.717, 1.165) is 11.7 Å². The van der Waals surface area contributed by atoms with E-state index in [4.69, 9.17) is 0 Å². The number of hydrogen-bond acceptors (Lipinski definition) is 3. The maximum Gasteiger partial charge on any atom is 0.134 e. The molecule has 0 radical (unpaired) electrons. The molecule has 1 aliphatic carbocycles. The van der Waals surface area contributed by atoms with Crippen LogP contribution in [0.2, 0.25) is 0 Å². The van der Waals surface area contributed by atoms with Crippen molar-refractivity contribution in [2.24, 2.45) is 5.92 Å². The van der Waals surface area contributed by atoms with Crippen molar-refractivity contribution >= 4 is 27.2 Å². The predicted octanol–water partition coefficient (Wildman–Crippen LogP) is 4.29. The van der Waals surface area contributed by atoms with Crippen LogP contribution in [0, 0.1) is 5.92 Å². The molecule has 2 aromatic rings. The third kappa shape index (κ3) is 2.29. The largest absolute Gasteiger partial charge is 0.367 e. The molecular formula is C14H18N2S. The molecule has 0 bridgehead atoms. The zero-order valence-corrected chi connectivity index (χ0v) is 11.0. The standard InChI is InChI=1S/C14H18N2S/c1-10-2-4-11(5-3-10)16-14-12-7-9-17-13(12)6-8-15-14/h6-11H,2-5H2,1H3,(H,15,16). The zero-order chi connectivity index (χ0) is 11.7. The molecule has 0 aliphatic heterocycles. The number of aromatic nitrogens is 1. The summed E-state index contributed by atoms with van der Waals surface area (Å²) in [5, 5.41) is 7.04. The highest BCUT2D eigenvalue weighted by molar-refractivity contribution is 7.17. The van der Waals surface area contributed by atoms with Gasteiger partial charge in [-0.1, -0.05) is 6.92 Å². The minimum Gasteiger partial charge on any atom is -0.367 e. The van der Waals surface area contributed by atoms with E-state index in [1.165, 1.54) is 35.8 Å². The minimum absolute atomic E-state index is 0.615. The summed E-state index contributed by atoms with van der Waals surface area (Å²) in [5.41, 5.74) is 0. The fourth-order valence-corrected chi connectivity index (χ4v) is 3.39. The number of hydrogen-bond donors (Lipinski definition) is 1. The lowest BCUT2D eigenvalue weighted by molar-refractivity contribution is 0.361. The molecule has 3 heteroatoms. The Morgan fingerprint density at radius 1 is 1.24 bits per heavy atom. The molecule has 2 heterocycles. The van der Waals surface area contributed by atoms with Gasteiger partial charge in [-0.3, -0.25) is 0 Å². The minimum atomic E-state index is 0.615. The smallest absolute Gasteiger partial charge is 0.134 e. The van der Waals surface area contributed by atoms with Gasteiger partial charge in [0.2, 0.25) is 0 Å². The molecule has 3 rings (SSSR count). The van der Waals surface area contributed by atoms with Crippen molar-refractivity contribution in [3.05, 3.63) is 23.7 Å². The molecule has 0 saturated heterocycles. The van der Waals surface area contributed by atoms with Gasteiger partial charge in [0.15, 0.2) is 0 Å². The van der Waals surface area contributed by atoms with Crippen LogP contribution < -0.4 is 5.32 Å². The van der Waals surface area contributed by atoms with Crippen LogP contribution in [0.5, 0.6) is 0 Å². The normalized spacial score (nSPS) is 25.0. The van der Waals surface area contributed by atoms with Crippen LogP contribution in [0.1, 0.15) is 32.6 Å². The first-order chi connectivity index (χ1) is 8.33. The molecule has 2 nitrogen and oxygen atoms in total. The van der Waals surface area contributed by atoms with Crippen molar-refractivity contribution in [2.45, 2.75) is 38.6 Å². The van der Waals surface area contributed by atoms with Crippen molar-refractivity contribution in [1.82, 2.24) is 4.98 Å². The summed E-state index contributed by atoms with van der Waals surface area (Å²) in [6, 6.07) is 4.87. The molecule has 2 aromatic heterocycles. The van der Waals surface area contributed by atoms with Crippen LogP contribution in [-0.4, -0.2) is 11.0 Å². The Hall–Kier alpha value is -1.09. The third-order valence-electron chi connectivity index (χ3n) is 3.74. The average Bonchev–Trinajstić information content (AvgIpc) is 2.81. The third-order valence-corrected chi connectivity index (χ3v) is 4.62. The van der Waals surface area contributed by atoms with Crippen LogP contribution in [-0.2, 0) is 0 Å². The highest BCUT2D eigenvalue weighted by Crippen LogP contribution is 2.29. The number of nitrogens with one attached hydrogen (secondary N) is 1. The number of anilines is 1. The lowest BCUT2D eigenvalue weighted by Gasteiger charge is -2.27. The van der Waals surface area contributed by atoms with Crippen LogP contribution in [0.15, 0.2) is 23.7 Å². The topological polar surface area (TPSA) is 24.9 Å². The number of rotatable bonds is 2. The summed E-state index contributed by atoms with van der Waals surface area (Å²) in [6.45, 7) is 2.36. The lowest BCUT2D eigenvalue weighted by Crippen LogP contribution is -2.25. The number of fused-ring (bicyclic) bond motifs is 1. The van der Waals surface area contributed by atoms with E-state index < -0.39 is 0 Å². The van der Waals surface area contributed by atoms with E-state index in [1.54, 1.807) is 11.3 Å². The Kier molecular flexibility index (Phi) is 3.02. The quantitative estimate of drug-likeness (QED) is 0.855. The van der Waals surface area contributed by atoms with Gasteiger partial charge < -0.3 is 5.32 Å². The summed E-state index contributed by atoms with van der Waals surface area (Å²) < 4.78 is 1.33. The average molecular weight is 246 g/mol. The number of pyridine rings is 1. The van der Waals surface area contributed by atoms with Gasteiger partial charge in [-0.25, -0.2) is 4.98 Å². The van der Waals surface area contributed by atoms with E-state index >= 15 is 0 Å². The summed E-state index contributed by atoms with van der Waals surface area (Å²) in [5.74, 6) is 1.97. The molecule has 1 N–H and O–H groups in total. The van der Waals surface area contributed by atoms with E-state index in [2.05, 4.69) is 34.7 Å². The first kappa shape index (κ1) is 11.0. The second kappa shape index (κ2) is 4.65. The van der Waals surface area contributed by atoms with Crippen LogP contribution >= 0.6 is 11.3 Å². The van der Waals surface area contributed by atoms with Crippen LogP contribution in [0.4, 0.5) is 5.82 Å². The second-order valence-electron chi connectivity index (χ2n) is 5.09. The predicted molar refractivity (Wildman–Crippen MR) is 74.7 cm³/mol. The molecule has 1 aliphatic rings. The van der Waals surface area contributed by atoms with E-state index in [-0.39, 0.29) is 0 Å². The van der Waals surface area contributed by atoms with Gasteiger partial charge in [0, 0.05) is 22.3 Å². The molecule has 0 atom stereocenters.